The molecule has 2 aromatic rings. The number of fused-ring (bicyclic) bond motifs is 1. The van der Waals surface area contributed by atoms with Crippen LogP contribution in [0.3, 0.4) is 0 Å². The summed E-state index contributed by atoms with van der Waals surface area (Å²) in [6, 6.07) is 5.69. The highest BCUT2D eigenvalue weighted by Gasteiger charge is 2.33. The Bertz CT molecular complexity index is 682. The average molecular weight is 303 g/mol. The highest BCUT2D eigenvalue weighted by Crippen LogP contribution is 2.20. The molecule has 2 atom stereocenters. The maximum absolute atomic E-state index is 12.3. The lowest BCUT2D eigenvalue weighted by atomic mass is 10.2. The lowest BCUT2D eigenvalue weighted by Crippen LogP contribution is -2.38. The Labute approximate surface area is 128 Å². The number of nitrogens with one attached hydrogen (secondary N) is 1. The first kappa shape index (κ1) is 15.0. The molecule has 6 heteroatoms. The van der Waals surface area contributed by atoms with Crippen molar-refractivity contribution in [3.05, 3.63) is 29.6 Å². The molecule has 3 N–H and O–H groups in total. The van der Waals surface area contributed by atoms with Crippen LogP contribution in [0.25, 0.3) is 11.0 Å². The molecule has 2 heterocycles. The van der Waals surface area contributed by atoms with E-state index in [1.807, 2.05) is 25.1 Å². The zero-order chi connectivity index (χ0) is 15.7. The van der Waals surface area contributed by atoms with E-state index < -0.39 is 6.10 Å². The summed E-state index contributed by atoms with van der Waals surface area (Å²) in [5.41, 5.74) is 3.02. The number of amides is 1. The average Bonchev–Trinajstić information content (AvgIpc) is 3.08. The molecule has 0 spiro atoms. The molecule has 0 radical (unpaired) electrons. The lowest BCUT2D eigenvalue weighted by Gasteiger charge is -2.22. The summed E-state index contributed by atoms with van der Waals surface area (Å²) in [7, 11) is 0. The minimum Gasteiger partial charge on any atom is -0.394 e. The summed E-state index contributed by atoms with van der Waals surface area (Å²) in [6.07, 6.45) is 0.765. The number of carbonyl (C=O) groups is 1. The second-order valence-electron chi connectivity index (χ2n) is 5.93. The molecule has 1 aromatic heterocycles. The zero-order valence-corrected chi connectivity index (χ0v) is 12.6. The van der Waals surface area contributed by atoms with Gasteiger partial charge in [0.1, 0.15) is 5.82 Å². The first-order valence-electron chi connectivity index (χ1n) is 7.61. The Balaban J connectivity index is 1.66. The Morgan fingerprint density at radius 1 is 1.50 bits per heavy atom. The van der Waals surface area contributed by atoms with Crippen LogP contribution in [0.2, 0.25) is 0 Å². The molecule has 0 saturated carbocycles. The second-order valence-corrected chi connectivity index (χ2v) is 5.93. The minimum atomic E-state index is -0.532. The number of hydrogen-bond acceptors (Lipinski definition) is 4. The van der Waals surface area contributed by atoms with E-state index in [2.05, 4.69) is 9.97 Å². The third-order valence-electron chi connectivity index (χ3n) is 4.26. The number of imidazole rings is 1. The first-order valence-corrected chi connectivity index (χ1v) is 7.61. The molecule has 22 heavy (non-hydrogen) atoms. The van der Waals surface area contributed by atoms with Gasteiger partial charge < -0.3 is 20.1 Å². The summed E-state index contributed by atoms with van der Waals surface area (Å²) in [6.45, 7) is 2.21. The number of aliphatic hydroxyl groups excluding tert-OH is 2. The van der Waals surface area contributed by atoms with Gasteiger partial charge in [0.2, 0.25) is 5.91 Å². The number of H-pyrrole nitrogens is 1. The molecule has 1 aliphatic heterocycles. The Kier molecular flexibility index (Phi) is 4.13. The van der Waals surface area contributed by atoms with Crippen LogP contribution in [0.15, 0.2) is 18.2 Å². The Morgan fingerprint density at radius 2 is 2.32 bits per heavy atom. The number of likely N-dealkylation sites (tertiary alicyclic amines) is 1. The van der Waals surface area contributed by atoms with E-state index in [1.165, 1.54) is 0 Å². The molecular formula is C16H21N3O3. The molecule has 6 nitrogen and oxygen atoms in total. The fourth-order valence-corrected chi connectivity index (χ4v) is 3.08. The van der Waals surface area contributed by atoms with E-state index in [0.29, 0.717) is 25.8 Å². The van der Waals surface area contributed by atoms with Crippen LogP contribution >= 0.6 is 0 Å². The summed E-state index contributed by atoms with van der Waals surface area (Å²) in [5.74, 6) is 0.741. The molecule has 1 aromatic carbocycles. The molecule has 1 fully saturated rings. The Hall–Kier alpha value is -1.92. The van der Waals surface area contributed by atoms with Crippen molar-refractivity contribution < 1.29 is 15.0 Å². The quantitative estimate of drug-likeness (QED) is 0.778. The normalized spacial score (nSPS) is 21.7. The highest BCUT2D eigenvalue weighted by molar-refractivity contribution is 5.79. The second kappa shape index (κ2) is 6.06. The number of para-hydroxylation sites is 1. The molecule has 0 bridgehead atoms. The number of β-amino-alcohol motifs (C(OH)–C–C–N with tert-alkyl or cyclic N) is 1. The van der Waals surface area contributed by atoms with Crippen molar-refractivity contribution in [3.63, 3.8) is 0 Å². The fourth-order valence-electron chi connectivity index (χ4n) is 3.08. The maximum Gasteiger partial charge on any atom is 0.223 e. The van der Waals surface area contributed by atoms with Gasteiger partial charge in [0.25, 0.3) is 0 Å². The van der Waals surface area contributed by atoms with Gasteiger partial charge >= 0.3 is 0 Å². The fraction of sp³-hybridized carbons (Fsp3) is 0.500. The Morgan fingerprint density at radius 3 is 3.05 bits per heavy atom. The molecule has 1 aliphatic rings. The lowest BCUT2D eigenvalue weighted by molar-refractivity contribution is -0.133. The van der Waals surface area contributed by atoms with Gasteiger partial charge in [-0.2, -0.15) is 0 Å². The van der Waals surface area contributed by atoms with Crippen molar-refractivity contribution in [2.24, 2.45) is 0 Å². The van der Waals surface area contributed by atoms with E-state index in [-0.39, 0.29) is 18.6 Å². The number of hydrogen-bond donors (Lipinski definition) is 3. The van der Waals surface area contributed by atoms with Gasteiger partial charge in [-0.3, -0.25) is 4.79 Å². The summed E-state index contributed by atoms with van der Waals surface area (Å²) < 4.78 is 0. The number of benzene rings is 1. The van der Waals surface area contributed by atoms with E-state index >= 15 is 0 Å². The zero-order valence-electron chi connectivity index (χ0n) is 12.6. The minimum absolute atomic E-state index is 0.0484. The van der Waals surface area contributed by atoms with Gasteiger partial charge in [-0.15, -0.1) is 0 Å². The van der Waals surface area contributed by atoms with Crippen molar-refractivity contribution in [1.29, 1.82) is 0 Å². The molecular weight excluding hydrogens is 282 g/mol. The topological polar surface area (TPSA) is 89.5 Å². The van der Waals surface area contributed by atoms with Gasteiger partial charge in [-0.25, -0.2) is 4.98 Å². The maximum atomic E-state index is 12.3. The van der Waals surface area contributed by atoms with Crippen LogP contribution in [-0.4, -0.2) is 56.3 Å². The van der Waals surface area contributed by atoms with Crippen LogP contribution in [0.1, 0.15) is 24.2 Å². The number of aliphatic hydroxyl groups is 2. The van der Waals surface area contributed by atoms with Crippen molar-refractivity contribution in [3.8, 4) is 0 Å². The molecule has 0 aliphatic carbocycles. The van der Waals surface area contributed by atoms with Gasteiger partial charge in [0.15, 0.2) is 0 Å². The van der Waals surface area contributed by atoms with E-state index in [1.54, 1.807) is 4.90 Å². The van der Waals surface area contributed by atoms with Gasteiger partial charge in [-0.1, -0.05) is 12.1 Å². The molecule has 0 unspecified atom stereocenters. The number of carbonyl (C=O) groups excluding carboxylic acids is 1. The highest BCUT2D eigenvalue weighted by atomic mass is 16.3. The van der Waals surface area contributed by atoms with Crippen molar-refractivity contribution in [2.75, 3.05) is 13.2 Å². The standard InChI is InChI=1S/C16H21N3O3/c1-10-3-2-4-13-16(10)18-14(17-13)5-6-15(22)19-8-12(21)7-11(19)9-20/h2-4,11-12,20-21H,5-9H2,1H3,(H,17,18)/t11-,12-/m0/s1. The SMILES string of the molecule is Cc1cccc2[nH]c(CCC(=O)N3C[C@@H](O)C[C@H]3CO)nc12. The molecule has 118 valence electrons. The van der Waals surface area contributed by atoms with Crippen molar-refractivity contribution in [2.45, 2.75) is 38.3 Å². The smallest absolute Gasteiger partial charge is 0.223 e. The van der Waals surface area contributed by atoms with Crippen LogP contribution in [0.4, 0.5) is 0 Å². The van der Waals surface area contributed by atoms with E-state index in [0.717, 1.165) is 22.4 Å². The van der Waals surface area contributed by atoms with Crippen LogP contribution in [0.5, 0.6) is 0 Å². The van der Waals surface area contributed by atoms with Crippen LogP contribution < -0.4 is 0 Å². The third-order valence-corrected chi connectivity index (χ3v) is 4.26. The first-order chi connectivity index (χ1) is 10.6. The van der Waals surface area contributed by atoms with E-state index in [4.69, 9.17) is 0 Å². The van der Waals surface area contributed by atoms with E-state index in [9.17, 15) is 15.0 Å². The predicted octanol–water partition coefficient (Wildman–Crippen LogP) is 0.758. The number of aromatic nitrogens is 2. The molecule has 3 rings (SSSR count). The van der Waals surface area contributed by atoms with Crippen molar-refractivity contribution >= 4 is 16.9 Å². The van der Waals surface area contributed by atoms with Gasteiger partial charge in [-0.05, 0) is 25.0 Å². The summed E-state index contributed by atoms with van der Waals surface area (Å²) >= 11 is 0. The number of rotatable bonds is 4. The number of nitrogens with zero attached hydrogens (tertiary/aromatic N) is 2. The summed E-state index contributed by atoms with van der Waals surface area (Å²) in [5, 5.41) is 18.9. The predicted molar refractivity (Wildman–Crippen MR) is 82.4 cm³/mol. The molecule has 1 saturated heterocycles. The van der Waals surface area contributed by atoms with Crippen molar-refractivity contribution in [1.82, 2.24) is 14.9 Å². The van der Waals surface area contributed by atoms with Gasteiger partial charge in [0.05, 0.1) is 29.8 Å². The number of aryl methyl sites for hydroxylation is 2. The number of aromatic amines is 1. The van der Waals surface area contributed by atoms with Crippen LogP contribution in [0, 0.1) is 6.92 Å². The van der Waals surface area contributed by atoms with Crippen LogP contribution in [-0.2, 0) is 11.2 Å². The largest absolute Gasteiger partial charge is 0.394 e. The van der Waals surface area contributed by atoms with Gasteiger partial charge in [0, 0.05) is 19.4 Å². The summed E-state index contributed by atoms with van der Waals surface area (Å²) in [4.78, 5) is 21.6. The molecule has 1 amide bonds. The third kappa shape index (κ3) is 2.84. The monoisotopic (exact) mass is 303 g/mol.